The largest absolute Gasteiger partial charge is 0.508 e. The molecule has 90 valence electrons. The van der Waals surface area contributed by atoms with Crippen LogP contribution in [0.3, 0.4) is 0 Å². The van der Waals surface area contributed by atoms with Crippen LogP contribution < -0.4 is 5.32 Å². The van der Waals surface area contributed by atoms with E-state index in [1.54, 1.807) is 6.07 Å². The molecular weight excluding hydrogens is 212 g/mol. The van der Waals surface area contributed by atoms with Gasteiger partial charge in [-0.05, 0) is 31.0 Å². The van der Waals surface area contributed by atoms with Gasteiger partial charge in [0.2, 0.25) is 0 Å². The van der Waals surface area contributed by atoms with Gasteiger partial charge in [-0.3, -0.25) is 0 Å². The van der Waals surface area contributed by atoms with E-state index in [0.717, 1.165) is 35.5 Å². The first kappa shape index (κ1) is 11.6. The molecule has 1 aromatic heterocycles. The molecular formula is C14H18N2O. The molecule has 0 spiro atoms. The van der Waals surface area contributed by atoms with Crippen molar-refractivity contribution in [3.8, 4) is 5.75 Å². The van der Waals surface area contributed by atoms with Gasteiger partial charge in [0.05, 0.1) is 5.69 Å². The Balaban J connectivity index is 2.18. The Bertz CT molecular complexity index is 503. The molecule has 2 rings (SSSR count). The van der Waals surface area contributed by atoms with Gasteiger partial charge in [0.15, 0.2) is 0 Å². The highest BCUT2D eigenvalue weighted by atomic mass is 16.3. The second-order valence-electron chi connectivity index (χ2n) is 4.23. The number of aryl methyl sites for hydroxylation is 2. The quantitative estimate of drug-likeness (QED) is 0.749. The summed E-state index contributed by atoms with van der Waals surface area (Å²) in [6, 6.07) is 7.73. The van der Waals surface area contributed by atoms with Crippen molar-refractivity contribution in [1.29, 1.82) is 0 Å². The maximum atomic E-state index is 9.87. The smallest absolute Gasteiger partial charge is 0.120 e. The fraction of sp³-hybridized carbons (Fsp3) is 0.286. The third-order valence-electron chi connectivity index (χ3n) is 2.84. The maximum absolute atomic E-state index is 9.87. The van der Waals surface area contributed by atoms with E-state index in [2.05, 4.69) is 17.2 Å². The summed E-state index contributed by atoms with van der Waals surface area (Å²) in [5.74, 6) is 0.366. The van der Waals surface area contributed by atoms with Crippen LogP contribution in [0, 0.1) is 6.92 Å². The van der Waals surface area contributed by atoms with Crippen molar-refractivity contribution in [3.63, 3.8) is 0 Å². The fourth-order valence-electron chi connectivity index (χ4n) is 1.87. The van der Waals surface area contributed by atoms with Gasteiger partial charge in [0.25, 0.3) is 0 Å². The van der Waals surface area contributed by atoms with Crippen molar-refractivity contribution in [2.24, 2.45) is 0 Å². The maximum Gasteiger partial charge on any atom is 0.120 e. The Kier molecular flexibility index (Phi) is 3.38. The molecule has 0 saturated carbocycles. The molecule has 0 bridgehead atoms. The summed E-state index contributed by atoms with van der Waals surface area (Å²) in [7, 11) is 0. The first-order chi connectivity index (χ1) is 8.20. The van der Waals surface area contributed by atoms with Crippen molar-refractivity contribution in [2.75, 3.05) is 5.32 Å². The number of hydrogen-bond acceptors (Lipinski definition) is 2. The summed E-state index contributed by atoms with van der Waals surface area (Å²) in [4.78, 5) is 3.11. The third kappa shape index (κ3) is 2.61. The molecule has 0 amide bonds. The highest BCUT2D eigenvalue weighted by Crippen LogP contribution is 2.26. The van der Waals surface area contributed by atoms with Gasteiger partial charge in [-0.25, -0.2) is 0 Å². The lowest BCUT2D eigenvalue weighted by Gasteiger charge is -2.09. The summed E-state index contributed by atoms with van der Waals surface area (Å²) in [6.07, 6.45) is 3.84. The van der Waals surface area contributed by atoms with Crippen LogP contribution in [-0.2, 0) is 6.42 Å². The van der Waals surface area contributed by atoms with E-state index in [1.165, 1.54) is 0 Å². The lowest BCUT2D eigenvalue weighted by Crippen LogP contribution is -1.92. The zero-order valence-electron chi connectivity index (χ0n) is 10.2. The van der Waals surface area contributed by atoms with E-state index in [-0.39, 0.29) is 0 Å². The number of aromatic amines is 1. The van der Waals surface area contributed by atoms with E-state index >= 15 is 0 Å². The van der Waals surface area contributed by atoms with Crippen LogP contribution in [-0.4, -0.2) is 10.1 Å². The van der Waals surface area contributed by atoms with Crippen molar-refractivity contribution in [3.05, 3.63) is 41.7 Å². The SMILES string of the molecule is CCCc1ccc(Nc2cc[nH]c2C)cc1O. The van der Waals surface area contributed by atoms with E-state index in [0.29, 0.717) is 5.75 Å². The highest BCUT2D eigenvalue weighted by molar-refractivity contribution is 5.63. The van der Waals surface area contributed by atoms with Gasteiger partial charge in [0, 0.05) is 23.6 Å². The number of benzene rings is 1. The van der Waals surface area contributed by atoms with Crippen LogP contribution in [0.5, 0.6) is 5.75 Å². The number of hydrogen-bond donors (Lipinski definition) is 3. The summed E-state index contributed by atoms with van der Waals surface area (Å²) in [6.45, 7) is 4.11. The summed E-state index contributed by atoms with van der Waals surface area (Å²) >= 11 is 0. The number of phenols is 1. The number of phenolic OH excluding ortho intramolecular Hbond substituents is 1. The molecule has 0 aliphatic heterocycles. The van der Waals surface area contributed by atoms with Crippen LogP contribution in [0.2, 0.25) is 0 Å². The van der Waals surface area contributed by atoms with Gasteiger partial charge in [-0.1, -0.05) is 19.4 Å². The van der Waals surface area contributed by atoms with Gasteiger partial charge in [0.1, 0.15) is 5.75 Å². The second kappa shape index (κ2) is 4.95. The molecule has 0 aliphatic rings. The van der Waals surface area contributed by atoms with Crippen LogP contribution >= 0.6 is 0 Å². The molecule has 17 heavy (non-hydrogen) atoms. The predicted octanol–water partition coefficient (Wildman–Crippen LogP) is 3.72. The molecule has 0 saturated heterocycles. The molecule has 0 atom stereocenters. The number of nitrogens with one attached hydrogen (secondary N) is 2. The molecule has 3 nitrogen and oxygen atoms in total. The van der Waals surface area contributed by atoms with E-state index in [9.17, 15) is 5.11 Å². The monoisotopic (exact) mass is 230 g/mol. The van der Waals surface area contributed by atoms with Crippen LogP contribution in [0.25, 0.3) is 0 Å². The minimum absolute atomic E-state index is 0.366. The Morgan fingerprint density at radius 2 is 2.12 bits per heavy atom. The van der Waals surface area contributed by atoms with Crippen LogP contribution in [0.15, 0.2) is 30.5 Å². The first-order valence-electron chi connectivity index (χ1n) is 5.93. The van der Waals surface area contributed by atoms with Crippen LogP contribution in [0.1, 0.15) is 24.6 Å². The molecule has 3 N–H and O–H groups in total. The number of H-pyrrole nitrogens is 1. The molecule has 3 heteroatoms. The molecule has 1 aromatic carbocycles. The molecule has 0 unspecified atom stereocenters. The summed E-state index contributed by atoms with van der Waals surface area (Å²) in [5, 5.41) is 13.1. The third-order valence-corrected chi connectivity index (χ3v) is 2.84. The zero-order chi connectivity index (χ0) is 12.3. The molecule has 0 fully saturated rings. The molecule has 0 radical (unpaired) electrons. The summed E-state index contributed by atoms with van der Waals surface area (Å²) < 4.78 is 0. The lowest BCUT2D eigenvalue weighted by molar-refractivity contribution is 0.468. The molecule has 2 aromatic rings. The van der Waals surface area contributed by atoms with Gasteiger partial charge in [-0.2, -0.15) is 0 Å². The van der Waals surface area contributed by atoms with Crippen LogP contribution in [0.4, 0.5) is 11.4 Å². The standard InChI is InChI=1S/C14H18N2O/c1-3-4-11-5-6-12(9-14(11)17)16-13-7-8-15-10(13)2/h5-9,15-17H,3-4H2,1-2H3. The van der Waals surface area contributed by atoms with Gasteiger partial charge >= 0.3 is 0 Å². The minimum atomic E-state index is 0.366. The van der Waals surface area contributed by atoms with Crippen molar-refractivity contribution >= 4 is 11.4 Å². The first-order valence-corrected chi connectivity index (χ1v) is 5.93. The summed E-state index contributed by atoms with van der Waals surface area (Å²) in [5.41, 5.74) is 4.03. The Hall–Kier alpha value is -1.90. The second-order valence-corrected chi connectivity index (χ2v) is 4.23. The Morgan fingerprint density at radius 3 is 2.71 bits per heavy atom. The number of aromatic nitrogens is 1. The van der Waals surface area contributed by atoms with Gasteiger partial charge < -0.3 is 15.4 Å². The lowest BCUT2D eigenvalue weighted by atomic mass is 10.1. The average molecular weight is 230 g/mol. The highest BCUT2D eigenvalue weighted by Gasteiger charge is 2.03. The minimum Gasteiger partial charge on any atom is -0.508 e. The number of rotatable bonds is 4. The van der Waals surface area contributed by atoms with Crippen molar-refractivity contribution in [1.82, 2.24) is 4.98 Å². The normalized spacial score (nSPS) is 10.5. The Morgan fingerprint density at radius 1 is 1.29 bits per heavy atom. The molecule has 1 heterocycles. The van der Waals surface area contributed by atoms with E-state index in [4.69, 9.17) is 0 Å². The van der Waals surface area contributed by atoms with Gasteiger partial charge in [-0.15, -0.1) is 0 Å². The van der Waals surface area contributed by atoms with Crippen molar-refractivity contribution in [2.45, 2.75) is 26.7 Å². The topological polar surface area (TPSA) is 48.0 Å². The number of anilines is 2. The average Bonchev–Trinajstić information content (AvgIpc) is 2.69. The Labute approximate surface area is 102 Å². The van der Waals surface area contributed by atoms with E-state index < -0.39 is 0 Å². The fourth-order valence-corrected chi connectivity index (χ4v) is 1.87. The van der Waals surface area contributed by atoms with E-state index in [1.807, 2.05) is 31.3 Å². The predicted molar refractivity (Wildman–Crippen MR) is 70.9 cm³/mol. The molecule has 0 aliphatic carbocycles. The zero-order valence-corrected chi connectivity index (χ0v) is 10.2. The number of aromatic hydroxyl groups is 1. The van der Waals surface area contributed by atoms with Crippen molar-refractivity contribution < 1.29 is 5.11 Å².